The molecule has 2 saturated heterocycles. The van der Waals surface area contributed by atoms with Gasteiger partial charge in [0.25, 0.3) is 5.91 Å². The van der Waals surface area contributed by atoms with Gasteiger partial charge in [-0.25, -0.2) is 14.8 Å². The van der Waals surface area contributed by atoms with Gasteiger partial charge < -0.3 is 19.3 Å². The predicted molar refractivity (Wildman–Crippen MR) is 108 cm³/mol. The Bertz CT molecular complexity index is 945. The molecule has 0 bridgehead atoms. The van der Waals surface area contributed by atoms with Crippen molar-refractivity contribution in [1.82, 2.24) is 29.3 Å². The SMILES string of the molecule is Cn1ccnc1CN1CCC2(CC1)CN(C(=O)c1cnccn1)CCO2.O=C(O)C(F)(F)F. The van der Waals surface area contributed by atoms with E-state index in [1.165, 1.54) is 6.20 Å². The Labute approximate surface area is 188 Å². The molecule has 13 heteroatoms. The fraction of sp³-hybridized carbons (Fsp3) is 0.550. The number of carboxylic acid groups (broad SMARTS) is 1. The van der Waals surface area contributed by atoms with Crippen LogP contribution in [-0.2, 0) is 23.1 Å². The molecule has 2 fully saturated rings. The van der Waals surface area contributed by atoms with Crippen molar-refractivity contribution in [2.45, 2.75) is 31.2 Å². The Morgan fingerprint density at radius 2 is 1.85 bits per heavy atom. The number of hydrogen-bond donors (Lipinski definition) is 1. The smallest absolute Gasteiger partial charge is 0.475 e. The number of ether oxygens (including phenoxy) is 1. The van der Waals surface area contributed by atoms with Crippen LogP contribution in [0.15, 0.2) is 31.0 Å². The van der Waals surface area contributed by atoms with Crippen LogP contribution >= 0.6 is 0 Å². The molecule has 0 aromatic carbocycles. The fourth-order valence-electron chi connectivity index (χ4n) is 3.76. The standard InChI is InChI=1S/C18H24N6O2.C2HF3O2/c1-22-9-6-21-16(22)13-23-7-2-18(3-8-23)14-24(10-11-26-18)17(25)15-12-19-4-5-20-15;3-2(4,5)1(6)7/h4-6,9,12H,2-3,7-8,10-11,13-14H2,1H3;(H,6,7). The van der Waals surface area contributed by atoms with E-state index >= 15 is 0 Å². The molecule has 33 heavy (non-hydrogen) atoms. The minimum atomic E-state index is -5.08. The van der Waals surface area contributed by atoms with E-state index in [2.05, 4.69) is 24.4 Å². The number of amides is 1. The average molecular weight is 470 g/mol. The number of carbonyl (C=O) groups is 2. The quantitative estimate of drug-likeness (QED) is 0.715. The lowest BCUT2D eigenvalue weighted by molar-refractivity contribution is -0.192. The van der Waals surface area contributed by atoms with Gasteiger partial charge in [-0.1, -0.05) is 0 Å². The van der Waals surface area contributed by atoms with Gasteiger partial charge in [-0.3, -0.25) is 14.7 Å². The van der Waals surface area contributed by atoms with E-state index in [-0.39, 0.29) is 11.5 Å². The van der Waals surface area contributed by atoms with Crippen LogP contribution in [0.2, 0.25) is 0 Å². The molecule has 2 aromatic rings. The first-order valence-corrected chi connectivity index (χ1v) is 10.3. The van der Waals surface area contributed by atoms with E-state index in [1.807, 2.05) is 24.3 Å². The van der Waals surface area contributed by atoms with Crippen LogP contribution < -0.4 is 0 Å². The summed E-state index contributed by atoms with van der Waals surface area (Å²) in [6, 6.07) is 0. The summed E-state index contributed by atoms with van der Waals surface area (Å²) < 4.78 is 39.9. The highest BCUT2D eigenvalue weighted by atomic mass is 19.4. The largest absolute Gasteiger partial charge is 0.490 e. The number of carboxylic acids is 1. The summed E-state index contributed by atoms with van der Waals surface area (Å²) in [5.74, 6) is -1.74. The molecule has 0 unspecified atom stereocenters. The van der Waals surface area contributed by atoms with Gasteiger partial charge in [-0.05, 0) is 12.8 Å². The van der Waals surface area contributed by atoms with E-state index in [4.69, 9.17) is 14.6 Å². The van der Waals surface area contributed by atoms with Crippen LogP contribution in [0.4, 0.5) is 13.2 Å². The maximum Gasteiger partial charge on any atom is 0.490 e. The second kappa shape index (κ2) is 10.3. The summed E-state index contributed by atoms with van der Waals surface area (Å²) >= 11 is 0. The zero-order valence-corrected chi connectivity index (χ0v) is 18.0. The lowest BCUT2D eigenvalue weighted by Gasteiger charge is -2.47. The lowest BCUT2D eigenvalue weighted by Crippen LogP contribution is -2.58. The third-order valence-corrected chi connectivity index (χ3v) is 5.61. The second-order valence-electron chi connectivity index (χ2n) is 7.88. The van der Waals surface area contributed by atoms with Gasteiger partial charge in [-0.15, -0.1) is 0 Å². The van der Waals surface area contributed by atoms with Crippen molar-refractivity contribution in [2.24, 2.45) is 7.05 Å². The van der Waals surface area contributed by atoms with Crippen LogP contribution in [0.1, 0.15) is 29.2 Å². The first kappa shape index (κ1) is 24.6. The number of morpholine rings is 1. The zero-order chi connectivity index (χ0) is 24.1. The maximum atomic E-state index is 12.7. The van der Waals surface area contributed by atoms with Gasteiger partial charge >= 0.3 is 12.1 Å². The number of alkyl halides is 3. The first-order valence-electron chi connectivity index (χ1n) is 10.3. The number of rotatable bonds is 3. The zero-order valence-electron chi connectivity index (χ0n) is 18.0. The number of aliphatic carboxylic acids is 1. The Morgan fingerprint density at radius 1 is 1.15 bits per heavy atom. The number of halogens is 3. The van der Waals surface area contributed by atoms with Gasteiger partial charge in [0.15, 0.2) is 0 Å². The molecule has 1 N–H and O–H groups in total. The Kier molecular flexibility index (Phi) is 7.64. The highest BCUT2D eigenvalue weighted by Gasteiger charge is 2.41. The number of nitrogens with zero attached hydrogens (tertiary/aromatic N) is 6. The Balaban J connectivity index is 0.000000383. The number of hydrogen-bond acceptors (Lipinski definition) is 7. The van der Waals surface area contributed by atoms with Gasteiger partial charge in [-0.2, -0.15) is 13.2 Å². The lowest BCUT2D eigenvalue weighted by atomic mass is 9.89. The van der Waals surface area contributed by atoms with Gasteiger partial charge in [0, 0.05) is 51.5 Å². The minimum Gasteiger partial charge on any atom is -0.475 e. The number of carbonyl (C=O) groups excluding carboxylic acids is 1. The first-order chi connectivity index (χ1) is 15.6. The highest BCUT2D eigenvalue weighted by molar-refractivity contribution is 5.92. The number of likely N-dealkylation sites (tertiary alicyclic amines) is 1. The third kappa shape index (κ3) is 6.48. The van der Waals surface area contributed by atoms with E-state index in [9.17, 15) is 18.0 Å². The summed E-state index contributed by atoms with van der Waals surface area (Å²) in [7, 11) is 2.02. The summed E-state index contributed by atoms with van der Waals surface area (Å²) in [5.41, 5.74) is 0.158. The molecule has 0 saturated carbocycles. The van der Waals surface area contributed by atoms with Crippen LogP contribution in [0.3, 0.4) is 0 Å². The summed E-state index contributed by atoms with van der Waals surface area (Å²) in [4.78, 5) is 38.4. The topological polar surface area (TPSA) is 114 Å². The normalized spacial score (nSPS) is 18.5. The molecule has 1 amide bonds. The van der Waals surface area contributed by atoms with Crippen LogP contribution in [0, 0.1) is 0 Å². The molecule has 4 rings (SSSR count). The summed E-state index contributed by atoms with van der Waals surface area (Å²) in [6.45, 7) is 4.54. The van der Waals surface area contributed by atoms with Crippen molar-refractivity contribution in [1.29, 1.82) is 0 Å². The second-order valence-corrected chi connectivity index (χ2v) is 7.88. The molecule has 2 aromatic heterocycles. The fourth-order valence-corrected chi connectivity index (χ4v) is 3.76. The summed E-state index contributed by atoms with van der Waals surface area (Å²) in [6.07, 6.45) is 5.22. The number of aryl methyl sites for hydroxylation is 1. The summed E-state index contributed by atoms with van der Waals surface area (Å²) in [5, 5.41) is 7.12. The average Bonchev–Trinajstić information content (AvgIpc) is 3.20. The molecule has 1 spiro atoms. The van der Waals surface area contributed by atoms with Crippen molar-refractivity contribution in [3.63, 3.8) is 0 Å². The molecule has 0 aliphatic carbocycles. The van der Waals surface area contributed by atoms with Crippen molar-refractivity contribution in [3.8, 4) is 0 Å². The predicted octanol–water partition coefficient (Wildman–Crippen LogP) is 1.35. The van der Waals surface area contributed by atoms with Crippen molar-refractivity contribution >= 4 is 11.9 Å². The van der Waals surface area contributed by atoms with E-state index in [0.29, 0.717) is 25.4 Å². The molecule has 180 valence electrons. The molecule has 2 aliphatic heterocycles. The molecule has 0 radical (unpaired) electrons. The van der Waals surface area contributed by atoms with Crippen LogP contribution in [-0.4, -0.2) is 90.9 Å². The van der Waals surface area contributed by atoms with E-state index in [1.54, 1.807) is 12.4 Å². The Morgan fingerprint density at radius 3 is 2.39 bits per heavy atom. The molecular formula is C20H25F3N6O4. The van der Waals surface area contributed by atoms with E-state index < -0.39 is 12.1 Å². The van der Waals surface area contributed by atoms with Crippen LogP contribution in [0.5, 0.6) is 0 Å². The van der Waals surface area contributed by atoms with E-state index in [0.717, 1.165) is 38.3 Å². The minimum absolute atomic E-state index is 0.0591. The van der Waals surface area contributed by atoms with Crippen LogP contribution in [0.25, 0.3) is 0 Å². The van der Waals surface area contributed by atoms with Gasteiger partial charge in [0.05, 0.1) is 31.5 Å². The maximum absolute atomic E-state index is 12.7. The molecular weight excluding hydrogens is 445 g/mol. The number of piperidine rings is 1. The number of aromatic nitrogens is 4. The Hall–Kier alpha value is -3.06. The highest BCUT2D eigenvalue weighted by Crippen LogP contribution is 2.31. The molecule has 4 heterocycles. The van der Waals surface area contributed by atoms with Crippen molar-refractivity contribution < 1.29 is 32.6 Å². The number of imidazole rings is 1. The van der Waals surface area contributed by atoms with Gasteiger partial charge in [0.2, 0.25) is 0 Å². The van der Waals surface area contributed by atoms with Crippen molar-refractivity contribution in [2.75, 3.05) is 32.8 Å². The van der Waals surface area contributed by atoms with Gasteiger partial charge in [0.1, 0.15) is 11.5 Å². The third-order valence-electron chi connectivity index (χ3n) is 5.61. The van der Waals surface area contributed by atoms with Crippen molar-refractivity contribution in [3.05, 3.63) is 42.5 Å². The molecule has 10 nitrogen and oxygen atoms in total. The molecule has 2 aliphatic rings. The monoisotopic (exact) mass is 470 g/mol. The molecule has 0 atom stereocenters.